The van der Waals surface area contributed by atoms with Gasteiger partial charge in [0.2, 0.25) is 0 Å². The maximum Gasteiger partial charge on any atom is 0.124 e. The molecule has 0 saturated carbocycles. The van der Waals surface area contributed by atoms with Gasteiger partial charge in [0.1, 0.15) is 5.75 Å². The number of hydrogen-bond donors (Lipinski definition) is 4. The third-order valence-electron chi connectivity index (χ3n) is 1.90. The Morgan fingerprint density at radius 3 is 2.86 bits per heavy atom. The second-order valence-electron chi connectivity index (χ2n) is 2.88. The summed E-state index contributed by atoms with van der Waals surface area (Å²) < 4.78 is 5.04. The number of rotatable bonds is 4. The smallest absolute Gasteiger partial charge is 0.124 e. The van der Waals surface area contributed by atoms with Crippen molar-refractivity contribution >= 4 is 5.69 Å². The minimum atomic E-state index is -0.849. The van der Waals surface area contributed by atoms with Crippen LogP contribution >= 0.6 is 0 Å². The number of ether oxygens (including phenoxy) is 1. The van der Waals surface area contributed by atoms with E-state index in [2.05, 4.69) is 0 Å². The fourth-order valence-corrected chi connectivity index (χ4v) is 1.21. The molecule has 0 bridgehead atoms. The Labute approximate surface area is 82.1 Å². The fraction of sp³-hybridized carbons (Fsp3) is 0.333. The molecule has 5 heteroatoms. The number of hydrogen-bond acceptors (Lipinski definition) is 5. The molecule has 0 spiro atoms. The lowest BCUT2D eigenvalue weighted by Gasteiger charge is -2.14. The number of nitrogens with two attached hydrogens (primary N) is 1. The molecule has 0 aromatic heterocycles. The van der Waals surface area contributed by atoms with Crippen LogP contribution in [0, 0.1) is 0 Å². The highest BCUT2D eigenvalue weighted by Gasteiger charge is 2.12. The summed E-state index contributed by atoms with van der Waals surface area (Å²) in [6.07, 6.45) is -0.849. The predicted octanol–water partition coefficient (Wildman–Crippen LogP) is 0.290. The van der Waals surface area contributed by atoms with Crippen molar-refractivity contribution in [1.82, 2.24) is 5.48 Å². The van der Waals surface area contributed by atoms with Crippen LogP contribution in [-0.2, 0) is 0 Å². The highest BCUT2D eigenvalue weighted by atomic mass is 16.5. The van der Waals surface area contributed by atoms with Crippen LogP contribution in [0.1, 0.15) is 11.7 Å². The minimum Gasteiger partial charge on any atom is -0.496 e. The summed E-state index contributed by atoms with van der Waals surface area (Å²) in [5.41, 5.74) is 8.55. The first-order chi connectivity index (χ1) is 6.69. The Hall–Kier alpha value is -1.30. The van der Waals surface area contributed by atoms with Gasteiger partial charge in [0, 0.05) is 11.3 Å². The molecule has 1 aromatic rings. The number of nitrogens with one attached hydrogen (secondary N) is 1. The van der Waals surface area contributed by atoms with Crippen LogP contribution in [0.3, 0.4) is 0 Å². The molecule has 78 valence electrons. The zero-order chi connectivity index (χ0) is 10.6. The average molecular weight is 198 g/mol. The summed E-state index contributed by atoms with van der Waals surface area (Å²) in [5, 5.41) is 18.0. The SMILES string of the molecule is COc1ccc(N)cc1C(O)CNO. The van der Waals surface area contributed by atoms with Gasteiger partial charge < -0.3 is 20.8 Å². The zero-order valence-corrected chi connectivity index (χ0v) is 7.90. The number of hydroxylamine groups is 1. The van der Waals surface area contributed by atoms with Gasteiger partial charge in [0.25, 0.3) is 0 Å². The second kappa shape index (κ2) is 4.80. The number of anilines is 1. The largest absolute Gasteiger partial charge is 0.496 e. The van der Waals surface area contributed by atoms with Gasteiger partial charge in [-0.2, -0.15) is 0 Å². The first-order valence-corrected chi connectivity index (χ1v) is 4.17. The molecule has 0 heterocycles. The zero-order valence-electron chi connectivity index (χ0n) is 7.90. The van der Waals surface area contributed by atoms with Crippen molar-refractivity contribution < 1.29 is 15.1 Å². The topological polar surface area (TPSA) is 87.7 Å². The third kappa shape index (κ3) is 2.35. The summed E-state index contributed by atoms with van der Waals surface area (Å²) in [4.78, 5) is 0. The molecule has 1 rings (SSSR count). The second-order valence-corrected chi connectivity index (χ2v) is 2.88. The molecule has 0 aliphatic rings. The lowest BCUT2D eigenvalue weighted by Crippen LogP contribution is -2.18. The quantitative estimate of drug-likeness (QED) is 0.412. The Bertz CT molecular complexity index is 304. The van der Waals surface area contributed by atoms with Crippen LogP contribution in [0.4, 0.5) is 5.69 Å². The summed E-state index contributed by atoms with van der Waals surface area (Å²) in [6.45, 7) is 0.0276. The van der Waals surface area contributed by atoms with E-state index in [9.17, 15) is 5.11 Å². The van der Waals surface area contributed by atoms with Crippen molar-refractivity contribution in [1.29, 1.82) is 0 Å². The standard InChI is InChI=1S/C9H14N2O3/c1-14-9-3-2-6(10)4-7(9)8(12)5-11-13/h2-4,8,11-13H,5,10H2,1H3. The Morgan fingerprint density at radius 2 is 2.29 bits per heavy atom. The normalized spacial score (nSPS) is 12.5. The molecule has 1 unspecified atom stereocenters. The van der Waals surface area contributed by atoms with Gasteiger partial charge in [0.05, 0.1) is 19.8 Å². The molecule has 0 radical (unpaired) electrons. The van der Waals surface area contributed by atoms with Crippen LogP contribution in [0.5, 0.6) is 5.75 Å². The van der Waals surface area contributed by atoms with E-state index in [1.165, 1.54) is 7.11 Å². The van der Waals surface area contributed by atoms with Gasteiger partial charge in [0.15, 0.2) is 0 Å². The van der Waals surface area contributed by atoms with E-state index in [1.54, 1.807) is 18.2 Å². The summed E-state index contributed by atoms with van der Waals surface area (Å²) in [6, 6.07) is 4.97. The highest BCUT2D eigenvalue weighted by molar-refractivity contribution is 5.48. The summed E-state index contributed by atoms with van der Waals surface area (Å²) >= 11 is 0. The van der Waals surface area contributed by atoms with E-state index in [1.807, 2.05) is 5.48 Å². The number of methoxy groups -OCH3 is 1. The molecule has 14 heavy (non-hydrogen) atoms. The average Bonchev–Trinajstić information content (AvgIpc) is 2.18. The number of nitrogen functional groups attached to an aromatic ring is 1. The van der Waals surface area contributed by atoms with Crippen LogP contribution in [-0.4, -0.2) is 24.0 Å². The number of benzene rings is 1. The highest BCUT2D eigenvalue weighted by Crippen LogP contribution is 2.26. The minimum absolute atomic E-state index is 0.0276. The van der Waals surface area contributed by atoms with Crippen molar-refractivity contribution in [3.63, 3.8) is 0 Å². The molecule has 1 aromatic carbocycles. The van der Waals surface area contributed by atoms with Crippen LogP contribution in [0.15, 0.2) is 18.2 Å². The number of aliphatic hydroxyl groups excluding tert-OH is 1. The Balaban J connectivity index is 2.97. The molecule has 0 aliphatic heterocycles. The maximum absolute atomic E-state index is 9.60. The van der Waals surface area contributed by atoms with Gasteiger partial charge >= 0.3 is 0 Å². The van der Waals surface area contributed by atoms with E-state index in [-0.39, 0.29) is 6.54 Å². The monoisotopic (exact) mass is 198 g/mol. The number of aliphatic hydroxyl groups is 1. The molecule has 0 fully saturated rings. The first kappa shape index (κ1) is 10.8. The van der Waals surface area contributed by atoms with Crippen LogP contribution in [0.25, 0.3) is 0 Å². The van der Waals surface area contributed by atoms with Crippen molar-refractivity contribution in [3.8, 4) is 5.75 Å². The van der Waals surface area contributed by atoms with Crippen molar-refractivity contribution in [2.45, 2.75) is 6.10 Å². The van der Waals surface area contributed by atoms with E-state index in [4.69, 9.17) is 15.7 Å². The van der Waals surface area contributed by atoms with Gasteiger partial charge in [-0.1, -0.05) is 0 Å². The van der Waals surface area contributed by atoms with E-state index >= 15 is 0 Å². The first-order valence-electron chi connectivity index (χ1n) is 4.17. The molecule has 0 amide bonds. The molecule has 0 aliphatic carbocycles. The lowest BCUT2D eigenvalue weighted by atomic mass is 10.1. The summed E-state index contributed by atoms with van der Waals surface area (Å²) in [5.74, 6) is 0.543. The van der Waals surface area contributed by atoms with E-state index < -0.39 is 6.10 Å². The van der Waals surface area contributed by atoms with Crippen LogP contribution < -0.4 is 16.0 Å². The third-order valence-corrected chi connectivity index (χ3v) is 1.90. The summed E-state index contributed by atoms with van der Waals surface area (Å²) in [7, 11) is 1.51. The fourth-order valence-electron chi connectivity index (χ4n) is 1.21. The predicted molar refractivity (Wildman–Crippen MR) is 52.2 cm³/mol. The van der Waals surface area contributed by atoms with Gasteiger partial charge in [-0.3, -0.25) is 0 Å². The molecule has 5 nitrogen and oxygen atoms in total. The van der Waals surface area contributed by atoms with Crippen molar-refractivity contribution in [3.05, 3.63) is 23.8 Å². The molecule has 0 saturated heterocycles. The van der Waals surface area contributed by atoms with E-state index in [0.717, 1.165) is 0 Å². The van der Waals surface area contributed by atoms with Gasteiger partial charge in [-0.05, 0) is 18.2 Å². The molecule has 1 atom stereocenters. The molecular formula is C9H14N2O3. The van der Waals surface area contributed by atoms with Crippen molar-refractivity contribution in [2.24, 2.45) is 0 Å². The molecular weight excluding hydrogens is 184 g/mol. The van der Waals surface area contributed by atoms with Crippen molar-refractivity contribution in [2.75, 3.05) is 19.4 Å². The Kier molecular flexibility index (Phi) is 3.70. The van der Waals surface area contributed by atoms with E-state index in [0.29, 0.717) is 17.0 Å². The Morgan fingerprint density at radius 1 is 1.57 bits per heavy atom. The maximum atomic E-state index is 9.60. The lowest BCUT2D eigenvalue weighted by molar-refractivity contribution is 0.0907. The van der Waals surface area contributed by atoms with Gasteiger partial charge in [-0.25, -0.2) is 5.48 Å². The molecule has 5 N–H and O–H groups in total. The van der Waals surface area contributed by atoms with Gasteiger partial charge in [-0.15, -0.1) is 0 Å². The van der Waals surface area contributed by atoms with Crippen LogP contribution in [0.2, 0.25) is 0 Å².